The summed E-state index contributed by atoms with van der Waals surface area (Å²) < 4.78 is 0. The molecule has 0 atom stereocenters. The Kier molecular flexibility index (Phi) is 6.48. The summed E-state index contributed by atoms with van der Waals surface area (Å²) >= 11 is 0.787. The molecule has 30 heavy (non-hydrogen) atoms. The first-order valence-electron chi connectivity index (χ1n) is 8.95. The van der Waals surface area contributed by atoms with Gasteiger partial charge in [-0.2, -0.15) is 0 Å². The van der Waals surface area contributed by atoms with Crippen molar-refractivity contribution in [1.82, 2.24) is 4.90 Å². The number of amides is 3. The normalized spacial score (nSPS) is 15.6. The molecular formula is C22H18N2O5S. The van der Waals surface area contributed by atoms with Gasteiger partial charge in [-0.15, -0.1) is 0 Å². The van der Waals surface area contributed by atoms with Crippen LogP contribution in [0, 0.1) is 0 Å². The van der Waals surface area contributed by atoms with E-state index in [0.717, 1.165) is 27.8 Å². The van der Waals surface area contributed by atoms with E-state index in [1.807, 2.05) is 43.3 Å². The lowest BCUT2D eigenvalue weighted by molar-refractivity contribution is -0.127. The van der Waals surface area contributed by atoms with Gasteiger partial charge in [-0.3, -0.25) is 19.3 Å². The Morgan fingerprint density at radius 2 is 1.73 bits per heavy atom. The average molecular weight is 422 g/mol. The third-order valence-electron chi connectivity index (χ3n) is 4.14. The minimum atomic E-state index is -1.07. The number of carbonyl (C=O) groups excluding carboxylic acids is 3. The first-order valence-corrected chi connectivity index (χ1v) is 9.77. The van der Waals surface area contributed by atoms with E-state index in [4.69, 9.17) is 5.11 Å². The molecule has 0 bridgehead atoms. The van der Waals surface area contributed by atoms with Crippen LogP contribution in [-0.2, 0) is 9.59 Å². The first kappa shape index (κ1) is 21.1. The average Bonchev–Trinajstić information content (AvgIpc) is 2.96. The largest absolute Gasteiger partial charge is 0.478 e. The summed E-state index contributed by atoms with van der Waals surface area (Å²) in [5, 5.41) is 10.9. The molecule has 0 aliphatic carbocycles. The topological polar surface area (TPSA) is 104 Å². The van der Waals surface area contributed by atoms with Gasteiger partial charge >= 0.3 is 5.97 Å². The number of aromatic carboxylic acids is 1. The smallest absolute Gasteiger partial charge is 0.335 e. The Balaban J connectivity index is 1.65. The zero-order valence-electron chi connectivity index (χ0n) is 16.0. The lowest BCUT2D eigenvalue weighted by atomic mass is 10.1. The van der Waals surface area contributed by atoms with Crippen LogP contribution in [0.1, 0.15) is 22.8 Å². The Morgan fingerprint density at radius 3 is 2.37 bits per heavy atom. The van der Waals surface area contributed by atoms with Crippen molar-refractivity contribution in [3.63, 3.8) is 0 Å². The van der Waals surface area contributed by atoms with E-state index in [2.05, 4.69) is 5.32 Å². The molecule has 8 heteroatoms. The van der Waals surface area contributed by atoms with Crippen molar-refractivity contribution in [3.8, 4) is 0 Å². The standard InChI is InChI=1S/C22H18N2O5S/c1-14(11-15-5-3-2-4-6-15)12-18-20(26)24(22(29)30-18)13-19(25)23-17-9-7-16(8-10-17)21(27)28/h2-12H,13H2,1H3,(H,23,25)(H,27,28)/b14-11+,18-12-. The number of allylic oxidation sites excluding steroid dienone is 2. The molecule has 152 valence electrons. The van der Waals surface area contributed by atoms with Crippen molar-refractivity contribution in [2.75, 3.05) is 11.9 Å². The highest BCUT2D eigenvalue weighted by atomic mass is 32.2. The number of carbonyl (C=O) groups is 4. The molecule has 1 fully saturated rings. The fraction of sp³-hybridized carbons (Fsp3) is 0.0909. The van der Waals surface area contributed by atoms with Crippen molar-refractivity contribution < 1.29 is 24.3 Å². The number of anilines is 1. The molecule has 1 saturated heterocycles. The van der Waals surface area contributed by atoms with Crippen LogP contribution in [0.15, 0.2) is 71.2 Å². The number of thioether (sulfide) groups is 1. The molecule has 0 saturated carbocycles. The minimum absolute atomic E-state index is 0.0861. The van der Waals surface area contributed by atoms with Gasteiger partial charge in [0.05, 0.1) is 10.5 Å². The van der Waals surface area contributed by atoms with E-state index in [9.17, 15) is 19.2 Å². The molecule has 2 aromatic carbocycles. The lowest BCUT2D eigenvalue weighted by Gasteiger charge is -2.12. The van der Waals surface area contributed by atoms with Gasteiger partial charge < -0.3 is 10.4 Å². The molecule has 0 spiro atoms. The number of benzene rings is 2. The van der Waals surface area contributed by atoms with Gasteiger partial charge in [0.2, 0.25) is 5.91 Å². The Labute approximate surface area is 177 Å². The van der Waals surface area contributed by atoms with Crippen molar-refractivity contribution in [2.45, 2.75) is 6.92 Å². The molecule has 1 aliphatic rings. The number of carboxylic acids is 1. The molecule has 0 aromatic heterocycles. The predicted octanol–water partition coefficient (Wildman–Crippen LogP) is 4.01. The highest BCUT2D eigenvalue weighted by molar-refractivity contribution is 8.18. The Hall–Kier alpha value is -3.65. The maximum absolute atomic E-state index is 12.6. The molecule has 1 heterocycles. The van der Waals surface area contributed by atoms with E-state index in [0.29, 0.717) is 5.69 Å². The van der Waals surface area contributed by atoms with Crippen LogP contribution < -0.4 is 5.32 Å². The SMILES string of the molecule is CC(/C=C1\SC(=O)N(CC(=O)Nc2ccc(C(=O)O)cc2)C1=O)=C\c1ccccc1. The minimum Gasteiger partial charge on any atom is -0.478 e. The van der Waals surface area contributed by atoms with Crippen LogP contribution in [-0.4, -0.2) is 39.6 Å². The number of nitrogens with zero attached hydrogens (tertiary/aromatic N) is 1. The Morgan fingerprint density at radius 1 is 1.07 bits per heavy atom. The predicted molar refractivity (Wildman–Crippen MR) is 115 cm³/mol. The van der Waals surface area contributed by atoms with Crippen LogP contribution in [0.25, 0.3) is 6.08 Å². The maximum atomic E-state index is 12.6. The van der Waals surface area contributed by atoms with E-state index in [1.54, 1.807) is 6.08 Å². The Bertz CT molecular complexity index is 1060. The highest BCUT2D eigenvalue weighted by Crippen LogP contribution is 2.31. The van der Waals surface area contributed by atoms with Gasteiger partial charge in [-0.1, -0.05) is 36.4 Å². The van der Waals surface area contributed by atoms with Gasteiger partial charge in [0.15, 0.2) is 0 Å². The van der Waals surface area contributed by atoms with Gasteiger partial charge in [-0.25, -0.2) is 4.79 Å². The second-order valence-electron chi connectivity index (χ2n) is 6.50. The number of imide groups is 1. The van der Waals surface area contributed by atoms with E-state index < -0.39 is 29.6 Å². The first-order chi connectivity index (χ1) is 14.3. The number of hydrogen-bond acceptors (Lipinski definition) is 5. The van der Waals surface area contributed by atoms with Crippen molar-refractivity contribution >= 4 is 46.5 Å². The van der Waals surface area contributed by atoms with Crippen molar-refractivity contribution in [3.05, 3.63) is 82.3 Å². The molecule has 1 aliphatic heterocycles. The molecule has 2 N–H and O–H groups in total. The second kappa shape index (κ2) is 9.23. The van der Waals surface area contributed by atoms with E-state index in [1.165, 1.54) is 24.3 Å². The van der Waals surface area contributed by atoms with Crippen LogP contribution in [0.3, 0.4) is 0 Å². The fourth-order valence-electron chi connectivity index (χ4n) is 2.74. The molecule has 2 aromatic rings. The van der Waals surface area contributed by atoms with Crippen molar-refractivity contribution in [1.29, 1.82) is 0 Å². The van der Waals surface area contributed by atoms with Gasteiger partial charge in [0.1, 0.15) is 6.54 Å². The summed E-state index contributed by atoms with van der Waals surface area (Å²) in [5.74, 6) is -2.16. The summed E-state index contributed by atoms with van der Waals surface area (Å²) in [5.41, 5.74) is 2.23. The molecule has 7 nitrogen and oxygen atoms in total. The van der Waals surface area contributed by atoms with Crippen molar-refractivity contribution in [2.24, 2.45) is 0 Å². The summed E-state index contributed by atoms with van der Waals surface area (Å²) in [7, 11) is 0. The zero-order chi connectivity index (χ0) is 21.7. The molecular weight excluding hydrogens is 404 g/mol. The van der Waals surface area contributed by atoms with Crippen LogP contribution in [0.4, 0.5) is 10.5 Å². The highest BCUT2D eigenvalue weighted by Gasteiger charge is 2.36. The molecule has 0 radical (unpaired) electrons. The monoisotopic (exact) mass is 422 g/mol. The summed E-state index contributed by atoms with van der Waals surface area (Å²) in [6.07, 6.45) is 3.52. The third-order valence-corrected chi connectivity index (χ3v) is 5.05. The number of hydrogen-bond donors (Lipinski definition) is 2. The van der Waals surface area contributed by atoms with Gasteiger partial charge in [0, 0.05) is 5.69 Å². The van der Waals surface area contributed by atoms with E-state index >= 15 is 0 Å². The van der Waals surface area contributed by atoms with Crippen LogP contribution >= 0.6 is 11.8 Å². The number of carboxylic acid groups (broad SMARTS) is 1. The molecule has 0 unspecified atom stereocenters. The van der Waals surface area contributed by atoms with E-state index in [-0.39, 0.29) is 10.5 Å². The lowest BCUT2D eigenvalue weighted by Crippen LogP contribution is -2.36. The fourth-order valence-corrected chi connectivity index (χ4v) is 3.63. The number of rotatable bonds is 6. The van der Waals surface area contributed by atoms with Gasteiger partial charge in [-0.05, 0) is 60.2 Å². The maximum Gasteiger partial charge on any atom is 0.335 e. The third kappa shape index (κ3) is 5.24. The van der Waals surface area contributed by atoms with Crippen LogP contribution in [0.5, 0.6) is 0 Å². The van der Waals surface area contributed by atoms with Crippen LogP contribution in [0.2, 0.25) is 0 Å². The summed E-state index contributed by atoms with van der Waals surface area (Å²) in [6, 6.07) is 15.1. The zero-order valence-corrected chi connectivity index (χ0v) is 16.8. The second-order valence-corrected chi connectivity index (χ2v) is 7.49. The quantitative estimate of drug-likeness (QED) is 0.682. The number of nitrogens with one attached hydrogen (secondary N) is 1. The van der Waals surface area contributed by atoms with Gasteiger partial charge in [0.25, 0.3) is 11.1 Å². The molecule has 3 rings (SSSR count). The summed E-state index contributed by atoms with van der Waals surface area (Å²) in [6.45, 7) is 1.40. The molecule has 3 amide bonds. The summed E-state index contributed by atoms with van der Waals surface area (Å²) in [4.78, 5) is 49.0.